The van der Waals surface area contributed by atoms with E-state index in [9.17, 15) is 4.79 Å². The fourth-order valence-corrected chi connectivity index (χ4v) is 4.30. The SMILES string of the molecule is CCCN(Cc1nc(-c2ccc(OC)cc2)no1)C(=O)[C@H]1CCCN(c2ccc(C)cc2)C1. The minimum Gasteiger partial charge on any atom is -0.497 e. The first-order chi connectivity index (χ1) is 16.1. The van der Waals surface area contributed by atoms with Gasteiger partial charge in [0.1, 0.15) is 5.75 Å². The summed E-state index contributed by atoms with van der Waals surface area (Å²) in [5.41, 5.74) is 3.27. The van der Waals surface area contributed by atoms with E-state index < -0.39 is 0 Å². The van der Waals surface area contributed by atoms with Crippen LogP contribution in [0.3, 0.4) is 0 Å². The highest BCUT2D eigenvalue weighted by Gasteiger charge is 2.30. The van der Waals surface area contributed by atoms with Crippen LogP contribution in [0.15, 0.2) is 53.1 Å². The topological polar surface area (TPSA) is 71.7 Å². The molecule has 0 radical (unpaired) electrons. The number of ether oxygens (including phenoxy) is 1. The molecular weight excluding hydrogens is 416 g/mol. The molecule has 1 aliphatic rings. The van der Waals surface area contributed by atoms with Gasteiger partial charge in [0.2, 0.25) is 17.6 Å². The Kier molecular flexibility index (Phi) is 7.27. The molecule has 4 rings (SSSR count). The molecule has 1 saturated heterocycles. The summed E-state index contributed by atoms with van der Waals surface area (Å²) < 4.78 is 10.7. The molecule has 0 bridgehead atoms. The molecule has 33 heavy (non-hydrogen) atoms. The van der Waals surface area contributed by atoms with Gasteiger partial charge in [-0.2, -0.15) is 4.98 Å². The molecule has 174 valence electrons. The first kappa shape index (κ1) is 22.8. The van der Waals surface area contributed by atoms with Crippen LogP contribution < -0.4 is 9.64 Å². The van der Waals surface area contributed by atoms with Crippen LogP contribution in [0, 0.1) is 12.8 Å². The third-order valence-corrected chi connectivity index (χ3v) is 6.12. The molecule has 0 unspecified atom stereocenters. The fourth-order valence-electron chi connectivity index (χ4n) is 4.30. The van der Waals surface area contributed by atoms with E-state index in [0.717, 1.165) is 43.7 Å². The second kappa shape index (κ2) is 10.5. The maximum atomic E-state index is 13.5. The Hall–Kier alpha value is -3.35. The van der Waals surface area contributed by atoms with Crippen molar-refractivity contribution in [3.8, 4) is 17.1 Å². The van der Waals surface area contributed by atoms with Gasteiger partial charge in [0, 0.05) is 30.9 Å². The average molecular weight is 449 g/mol. The van der Waals surface area contributed by atoms with Crippen LogP contribution in [0.5, 0.6) is 5.75 Å². The summed E-state index contributed by atoms with van der Waals surface area (Å²) in [6, 6.07) is 16.0. The monoisotopic (exact) mass is 448 g/mol. The van der Waals surface area contributed by atoms with Gasteiger partial charge in [-0.25, -0.2) is 0 Å². The van der Waals surface area contributed by atoms with Gasteiger partial charge in [0.15, 0.2) is 0 Å². The molecule has 1 atom stereocenters. The van der Waals surface area contributed by atoms with Crippen molar-refractivity contribution in [3.05, 3.63) is 60.0 Å². The average Bonchev–Trinajstić information content (AvgIpc) is 3.32. The van der Waals surface area contributed by atoms with Gasteiger partial charge >= 0.3 is 0 Å². The van der Waals surface area contributed by atoms with E-state index in [4.69, 9.17) is 9.26 Å². The lowest BCUT2D eigenvalue weighted by molar-refractivity contribution is -0.136. The Balaban J connectivity index is 1.43. The number of rotatable bonds is 8. The van der Waals surface area contributed by atoms with Crippen LogP contribution in [-0.2, 0) is 11.3 Å². The van der Waals surface area contributed by atoms with E-state index in [1.807, 2.05) is 29.2 Å². The van der Waals surface area contributed by atoms with Gasteiger partial charge in [-0.1, -0.05) is 29.8 Å². The van der Waals surface area contributed by atoms with Crippen molar-refractivity contribution in [3.63, 3.8) is 0 Å². The van der Waals surface area contributed by atoms with Crippen molar-refractivity contribution in [2.45, 2.75) is 39.7 Å². The summed E-state index contributed by atoms with van der Waals surface area (Å²) in [4.78, 5) is 22.2. The predicted octanol–water partition coefficient (Wildman–Crippen LogP) is 4.71. The number of amides is 1. The standard InChI is InChI=1S/C26H32N4O3/c1-4-15-30(18-24-27-25(28-33-24)20-9-13-23(32-3)14-10-20)26(31)21-6-5-16-29(17-21)22-11-7-19(2)8-12-22/h7-14,21H,4-6,15-18H2,1-3H3/t21-/m0/s1. The van der Waals surface area contributed by atoms with E-state index >= 15 is 0 Å². The summed E-state index contributed by atoms with van der Waals surface area (Å²) in [7, 11) is 1.63. The maximum absolute atomic E-state index is 13.5. The van der Waals surface area contributed by atoms with Crippen molar-refractivity contribution < 1.29 is 14.1 Å². The lowest BCUT2D eigenvalue weighted by Gasteiger charge is -2.36. The van der Waals surface area contributed by atoms with Gasteiger partial charge in [0.05, 0.1) is 19.6 Å². The third-order valence-electron chi connectivity index (χ3n) is 6.12. The molecule has 2 aromatic carbocycles. The highest BCUT2D eigenvalue weighted by atomic mass is 16.5. The van der Waals surface area contributed by atoms with Crippen molar-refractivity contribution >= 4 is 11.6 Å². The number of aromatic nitrogens is 2. The second-order valence-corrected chi connectivity index (χ2v) is 8.62. The number of methoxy groups -OCH3 is 1. The lowest BCUT2D eigenvalue weighted by Crippen LogP contribution is -2.45. The fraction of sp³-hybridized carbons (Fsp3) is 0.423. The predicted molar refractivity (Wildman–Crippen MR) is 128 cm³/mol. The zero-order valence-corrected chi connectivity index (χ0v) is 19.7. The molecule has 1 aliphatic heterocycles. The third kappa shape index (κ3) is 5.53. The highest BCUT2D eigenvalue weighted by Crippen LogP contribution is 2.26. The zero-order valence-electron chi connectivity index (χ0n) is 19.7. The Morgan fingerprint density at radius 2 is 1.94 bits per heavy atom. The van der Waals surface area contributed by atoms with E-state index in [-0.39, 0.29) is 11.8 Å². The molecule has 1 fully saturated rings. The van der Waals surface area contributed by atoms with Crippen molar-refractivity contribution in [1.82, 2.24) is 15.0 Å². The molecule has 3 aromatic rings. The van der Waals surface area contributed by atoms with Crippen LogP contribution in [-0.4, -0.2) is 47.7 Å². The Bertz CT molecular complexity index is 1050. The van der Waals surface area contributed by atoms with Gasteiger partial charge in [-0.05, 0) is 62.6 Å². The lowest BCUT2D eigenvalue weighted by atomic mass is 9.95. The Morgan fingerprint density at radius 3 is 2.64 bits per heavy atom. The smallest absolute Gasteiger partial charge is 0.246 e. The molecule has 0 N–H and O–H groups in total. The highest BCUT2D eigenvalue weighted by molar-refractivity contribution is 5.79. The molecule has 0 spiro atoms. The molecule has 2 heterocycles. The van der Waals surface area contributed by atoms with E-state index in [2.05, 4.69) is 53.2 Å². The van der Waals surface area contributed by atoms with Crippen LogP contribution in [0.1, 0.15) is 37.6 Å². The first-order valence-electron chi connectivity index (χ1n) is 11.6. The van der Waals surface area contributed by atoms with E-state index in [1.165, 1.54) is 11.3 Å². The number of hydrogen-bond acceptors (Lipinski definition) is 6. The number of aryl methyl sites for hydroxylation is 1. The van der Waals surface area contributed by atoms with Crippen LogP contribution >= 0.6 is 0 Å². The number of piperidine rings is 1. The van der Waals surface area contributed by atoms with Crippen molar-refractivity contribution in [2.24, 2.45) is 5.92 Å². The summed E-state index contributed by atoms with van der Waals surface area (Å²) in [6.07, 6.45) is 2.79. The molecule has 1 amide bonds. The van der Waals surface area contributed by atoms with Gasteiger partial charge < -0.3 is 19.1 Å². The summed E-state index contributed by atoms with van der Waals surface area (Å²) in [6.45, 7) is 6.89. The molecule has 0 saturated carbocycles. The maximum Gasteiger partial charge on any atom is 0.246 e. The largest absolute Gasteiger partial charge is 0.497 e. The minimum absolute atomic E-state index is 0.0319. The van der Waals surface area contributed by atoms with Crippen molar-refractivity contribution in [2.75, 3.05) is 31.6 Å². The number of carbonyl (C=O) groups excluding carboxylic acids is 1. The number of hydrogen-bond donors (Lipinski definition) is 0. The van der Waals surface area contributed by atoms with Gasteiger partial charge in [0.25, 0.3) is 0 Å². The zero-order chi connectivity index (χ0) is 23.2. The number of carbonyl (C=O) groups is 1. The molecular formula is C26H32N4O3. The van der Waals surface area contributed by atoms with E-state index in [1.54, 1.807) is 7.11 Å². The summed E-state index contributed by atoms with van der Waals surface area (Å²) >= 11 is 0. The van der Waals surface area contributed by atoms with Crippen LogP contribution in [0.25, 0.3) is 11.4 Å². The molecule has 7 nitrogen and oxygen atoms in total. The normalized spacial score (nSPS) is 16.0. The number of nitrogens with zero attached hydrogens (tertiary/aromatic N) is 4. The second-order valence-electron chi connectivity index (χ2n) is 8.62. The van der Waals surface area contributed by atoms with Gasteiger partial charge in [-0.3, -0.25) is 4.79 Å². The number of benzene rings is 2. The number of anilines is 1. The molecule has 1 aromatic heterocycles. The Morgan fingerprint density at radius 1 is 1.18 bits per heavy atom. The van der Waals surface area contributed by atoms with E-state index in [0.29, 0.717) is 24.8 Å². The van der Waals surface area contributed by atoms with Gasteiger partial charge in [-0.15, -0.1) is 0 Å². The molecule has 0 aliphatic carbocycles. The summed E-state index contributed by atoms with van der Waals surface area (Å²) in [5.74, 6) is 1.87. The van der Waals surface area contributed by atoms with Crippen molar-refractivity contribution in [1.29, 1.82) is 0 Å². The van der Waals surface area contributed by atoms with Crippen LogP contribution in [0.4, 0.5) is 5.69 Å². The summed E-state index contributed by atoms with van der Waals surface area (Å²) in [5, 5.41) is 4.11. The minimum atomic E-state index is -0.0319. The first-order valence-corrected chi connectivity index (χ1v) is 11.6. The quantitative estimate of drug-likeness (QED) is 0.497. The Labute approximate surface area is 195 Å². The van der Waals surface area contributed by atoms with Crippen LogP contribution in [0.2, 0.25) is 0 Å². The molecule has 7 heteroatoms.